The number of hydrogen-bond donors (Lipinski definition) is 0. The molecule has 0 fully saturated rings. The van der Waals surface area contributed by atoms with Gasteiger partial charge in [-0.2, -0.15) is 0 Å². The van der Waals surface area contributed by atoms with Crippen molar-refractivity contribution >= 4 is 29.3 Å². The van der Waals surface area contributed by atoms with E-state index in [1.807, 2.05) is 0 Å². The van der Waals surface area contributed by atoms with Crippen LogP contribution in [0.3, 0.4) is 0 Å². The SMILES string of the molecule is [N-]=[N+]=Nc1ccc(C=CC#CC(=O)C#CC=Cc2ccc(N=[N+]=[N-])cc2)cc1. The summed E-state index contributed by atoms with van der Waals surface area (Å²) in [6.07, 6.45) is 6.55. The molecule has 132 valence electrons. The van der Waals surface area contributed by atoms with E-state index in [4.69, 9.17) is 11.1 Å². The second kappa shape index (κ2) is 11.0. The molecule has 28 heavy (non-hydrogen) atoms. The molecule has 0 N–H and O–H groups in total. The molecule has 0 aliphatic rings. The Morgan fingerprint density at radius 2 is 1.14 bits per heavy atom. The van der Waals surface area contributed by atoms with Crippen molar-refractivity contribution in [2.45, 2.75) is 0 Å². The van der Waals surface area contributed by atoms with Crippen LogP contribution in [0.25, 0.3) is 33.0 Å². The molecule has 0 amide bonds. The first-order chi connectivity index (χ1) is 13.7. The summed E-state index contributed by atoms with van der Waals surface area (Å²) in [7, 11) is 0. The summed E-state index contributed by atoms with van der Waals surface area (Å²) in [6, 6.07) is 13.8. The van der Waals surface area contributed by atoms with Gasteiger partial charge in [-0.25, -0.2) is 0 Å². The van der Waals surface area contributed by atoms with Gasteiger partial charge < -0.3 is 0 Å². The maximum atomic E-state index is 11.6. The molecular weight excluding hydrogens is 352 g/mol. The standard InChI is InChI=1S/C21H12N6O/c22-26-24-19-13-9-17(10-14-19)5-1-3-7-21(28)8-4-2-6-18-11-15-20(16-12-18)25-27-23/h1-2,5-6,9-16H. The van der Waals surface area contributed by atoms with Gasteiger partial charge in [0.1, 0.15) is 0 Å². The number of allylic oxidation sites excluding steroid dienone is 2. The van der Waals surface area contributed by atoms with Crippen LogP contribution in [-0.2, 0) is 4.79 Å². The number of ketones is 1. The Balaban J connectivity index is 1.89. The number of carbonyl (C=O) groups excluding carboxylic acids is 1. The van der Waals surface area contributed by atoms with Gasteiger partial charge in [-0.05, 0) is 58.3 Å². The highest BCUT2D eigenvalue weighted by Crippen LogP contribution is 2.14. The lowest BCUT2D eigenvalue weighted by atomic mass is 10.2. The number of hydrogen-bond acceptors (Lipinski definition) is 3. The molecule has 2 rings (SSSR count). The van der Waals surface area contributed by atoms with Crippen LogP contribution in [0.15, 0.2) is 70.9 Å². The fourth-order valence-corrected chi connectivity index (χ4v) is 1.93. The normalized spacial score (nSPS) is 9.43. The molecule has 2 aromatic rings. The average Bonchev–Trinajstić information content (AvgIpc) is 2.71. The van der Waals surface area contributed by atoms with Crippen molar-refractivity contribution in [3.05, 3.63) is 92.7 Å². The summed E-state index contributed by atoms with van der Waals surface area (Å²) < 4.78 is 0. The molecule has 7 nitrogen and oxygen atoms in total. The zero-order valence-corrected chi connectivity index (χ0v) is 14.5. The Morgan fingerprint density at radius 1 is 0.750 bits per heavy atom. The number of nitrogens with zero attached hydrogens (tertiary/aromatic N) is 6. The van der Waals surface area contributed by atoms with Crippen LogP contribution in [0.5, 0.6) is 0 Å². The fourth-order valence-electron chi connectivity index (χ4n) is 1.93. The second-order valence-corrected chi connectivity index (χ2v) is 5.10. The molecule has 0 saturated heterocycles. The van der Waals surface area contributed by atoms with E-state index in [1.54, 1.807) is 72.8 Å². The minimum Gasteiger partial charge on any atom is -0.270 e. The van der Waals surface area contributed by atoms with E-state index in [-0.39, 0.29) is 0 Å². The molecule has 0 atom stereocenters. The molecule has 0 saturated carbocycles. The second-order valence-electron chi connectivity index (χ2n) is 5.10. The van der Waals surface area contributed by atoms with Crippen molar-refractivity contribution in [1.82, 2.24) is 0 Å². The zero-order chi connectivity index (χ0) is 20.0. The van der Waals surface area contributed by atoms with E-state index >= 15 is 0 Å². The van der Waals surface area contributed by atoms with Crippen molar-refractivity contribution in [3.8, 4) is 23.7 Å². The molecule has 0 radical (unpaired) electrons. The van der Waals surface area contributed by atoms with E-state index in [9.17, 15) is 4.79 Å². The monoisotopic (exact) mass is 364 g/mol. The Labute approximate surface area is 161 Å². The topological polar surface area (TPSA) is 115 Å². The molecule has 0 heterocycles. The van der Waals surface area contributed by atoms with E-state index in [2.05, 4.69) is 43.7 Å². The Morgan fingerprint density at radius 3 is 1.50 bits per heavy atom. The molecule has 0 unspecified atom stereocenters. The molecule has 0 aliphatic carbocycles. The highest BCUT2D eigenvalue weighted by Gasteiger charge is 1.89. The molecule has 0 bridgehead atoms. The molecule has 0 aromatic heterocycles. The third kappa shape index (κ3) is 7.06. The minimum absolute atomic E-state index is 0.494. The van der Waals surface area contributed by atoms with Gasteiger partial charge in [0.15, 0.2) is 0 Å². The predicted molar refractivity (Wildman–Crippen MR) is 109 cm³/mol. The number of azide groups is 2. The number of Topliss-reactive ketones (excluding diaryl/α,β-unsaturated/α-hetero) is 1. The van der Waals surface area contributed by atoms with Crippen LogP contribution in [0.1, 0.15) is 11.1 Å². The quantitative estimate of drug-likeness (QED) is 0.218. The van der Waals surface area contributed by atoms with Crippen molar-refractivity contribution in [2.24, 2.45) is 10.2 Å². The first-order valence-corrected chi connectivity index (χ1v) is 7.92. The summed E-state index contributed by atoms with van der Waals surface area (Å²) in [5, 5.41) is 6.96. The van der Waals surface area contributed by atoms with Crippen molar-refractivity contribution in [1.29, 1.82) is 0 Å². The first kappa shape index (κ1) is 19.7. The Bertz CT molecular complexity index is 1030. The minimum atomic E-state index is -0.494. The molecular formula is C21H12N6O. The van der Waals surface area contributed by atoms with Crippen LogP contribution in [0, 0.1) is 23.7 Å². The summed E-state index contributed by atoms with van der Waals surface area (Å²) in [5.41, 5.74) is 19.5. The Kier molecular flexibility index (Phi) is 7.75. The van der Waals surface area contributed by atoms with Crippen molar-refractivity contribution in [3.63, 3.8) is 0 Å². The van der Waals surface area contributed by atoms with Gasteiger partial charge in [0.05, 0.1) is 0 Å². The van der Waals surface area contributed by atoms with Crippen molar-refractivity contribution in [2.75, 3.05) is 0 Å². The molecule has 0 spiro atoms. The third-order valence-corrected chi connectivity index (χ3v) is 3.20. The average molecular weight is 364 g/mol. The summed E-state index contributed by atoms with van der Waals surface area (Å²) in [6.45, 7) is 0. The highest BCUT2D eigenvalue weighted by atomic mass is 16.1. The van der Waals surface area contributed by atoms with Crippen LogP contribution >= 0.6 is 0 Å². The van der Waals surface area contributed by atoms with Gasteiger partial charge in [-0.3, -0.25) is 4.79 Å². The van der Waals surface area contributed by atoms with Gasteiger partial charge in [-0.15, -0.1) is 0 Å². The van der Waals surface area contributed by atoms with E-state index in [0.717, 1.165) is 11.1 Å². The predicted octanol–water partition coefficient (Wildman–Crippen LogP) is 5.87. The van der Waals surface area contributed by atoms with Gasteiger partial charge in [0, 0.05) is 21.2 Å². The number of benzene rings is 2. The van der Waals surface area contributed by atoms with Gasteiger partial charge in [0.25, 0.3) is 5.78 Å². The van der Waals surface area contributed by atoms with Crippen molar-refractivity contribution < 1.29 is 4.79 Å². The molecule has 0 aliphatic heterocycles. The number of rotatable bonds is 4. The molecule has 7 heteroatoms. The van der Waals surface area contributed by atoms with Crippen LogP contribution in [0.2, 0.25) is 0 Å². The summed E-state index contributed by atoms with van der Waals surface area (Å²) in [5.74, 6) is 9.57. The maximum absolute atomic E-state index is 11.6. The summed E-state index contributed by atoms with van der Waals surface area (Å²) in [4.78, 5) is 17.0. The van der Waals surface area contributed by atoms with Crippen LogP contribution in [0.4, 0.5) is 11.4 Å². The first-order valence-electron chi connectivity index (χ1n) is 7.92. The van der Waals surface area contributed by atoms with Gasteiger partial charge >= 0.3 is 0 Å². The maximum Gasteiger partial charge on any atom is 0.279 e. The largest absolute Gasteiger partial charge is 0.279 e. The van der Waals surface area contributed by atoms with E-state index in [0.29, 0.717) is 11.4 Å². The lowest BCUT2D eigenvalue weighted by Crippen LogP contribution is -1.84. The van der Waals surface area contributed by atoms with Crippen LogP contribution < -0.4 is 0 Å². The Hall–Kier alpha value is -4.67. The van der Waals surface area contributed by atoms with Crippen LogP contribution in [-0.4, -0.2) is 5.78 Å². The van der Waals surface area contributed by atoms with E-state index in [1.165, 1.54) is 0 Å². The summed E-state index contributed by atoms with van der Waals surface area (Å²) >= 11 is 0. The lowest BCUT2D eigenvalue weighted by molar-refractivity contribution is -0.108. The van der Waals surface area contributed by atoms with Gasteiger partial charge in [0.2, 0.25) is 0 Å². The lowest BCUT2D eigenvalue weighted by Gasteiger charge is -1.92. The van der Waals surface area contributed by atoms with E-state index < -0.39 is 5.78 Å². The number of carbonyl (C=O) groups is 1. The third-order valence-electron chi connectivity index (χ3n) is 3.20. The zero-order valence-electron chi connectivity index (χ0n) is 14.5. The molecule has 2 aromatic carbocycles. The van der Waals surface area contributed by atoms with Gasteiger partial charge in [-0.1, -0.05) is 70.6 Å². The fraction of sp³-hybridized carbons (Fsp3) is 0. The highest BCUT2D eigenvalue weighted by molar-refractivity contribution is 6.09. The smallest absolute Gasteiger partial charge is 0.270 e.